The van der Waals surface area contributed by atoms with Gasteiger partial charge in [0.05, 0.1) is 13.3 Å². The second-order valence-electron chi connectivity index (χ2n) is 9.27. The lowest BCUT2D eigenvalue weighted by Crippen LogP contribution is -2.32. The van der Waals surface area contributed by atoms with Crippen LogP contribution < -0.4 is 0 Å². The minimum absolute atomic E-state index is 0.185. The van der Waals surface area contributed by atoms with Gasteiger partial charge in [0, 0.05) is 19.1 Å². The highest BCUT2D eigenvalue weighted by atomic mass is 19.1. The van der Waals surface area contributed by atoms with Crippen molar-refractivity contribution in [3.05, 3.63) is 35.9 Å². The Hall–Kier alpha value is -0.930. The number of halogens is 1. The average Bonchev–Trinajstić information content (AvgIpc) is 2.83. The third-order valence-electron chi connectivity index (χ3n) is 6.52. The molecule has 1 aromatic carbocycles. The monoisotopic (exact) mass is 450 g/mol. The van der Waals surface area contributed by atoms with Crippen molar-refractivity contribution in [3.63, 3.8) is 0 Å². The maximum atomic E-state index is 12.2. The lowest BCUT2D eigenvalue weighted by atomic mass is 9.97. The molecule has 0 fully saturated rings. The zero-order valence-corrected chi connectivity index (χ0v) is 21.2. The van der Waals surface area contributed by atoms with Gasteiger partial charge in [-0.15, -0.1) is 0 Å². The molecule has 0 saturated heterocycles. The molecule has 1 unspecified atom stereocenters. The van der Waals surface area contributed by atoms with Gasteiger partial charge in [0.1, 0.15) is 0 Å². The van der Waals surface area contributed by atoms with Gasteiger partial charge in [0.15, 0.2) is 5.79 Å². The second-order valence-corrected chi connectivity index (χ2v) is 9.27. The number of alkyl halides is 1. The number of ether oxygens (including phenoxy) is 2. The Morgan fingerprint density at radius 1 is 0.656 bits per heavy atom. The van der Waals surface area contributed by atoms with Crippen molar-refractivity contribution in [1.82, 2.24) is 0 Å². The first kappa shape index (κ1) is 29.1. The fourth-order valence-corrected chi connectivity index (χ4v) is 4.43. The lowest BCUT2D eigenvalue weighted by molar-refractivity contribution is -0.237. The summed E-state index contributed by atoms with van der Waals surface area (Å²) in [4.78, 5) is 0. The van der Waals surface area contributed by atoms with E-state index in [0.717, 1.165) is 50.5 Å². The van der Waals surface area contributed by atoms with Crippen LogP contribution in [0.25, 0.3) is 0 Å². The topological polar surface area (TPSA) is 18.5 Å². The lowest BCUT2D eigenvalue weighted by Gasteiger charge is -2.33. The van der Waals surface area contributed by atoms with Gasteiger partial charge in [-0.2, -0.15) is 0 Å². The van der Waals surface area contributed by atoms with Crippen LogP contribution in [0.2, 0.25) is 0 Å². The second kappa shape index (κ2) is 20.7. The molecule has 0 aliphatic rings. The van der Waals surface area contributed by atoms with E-state index in [1.165, 1.54) is 64.2 Å². The summed E-state index contributed by atoms with van der Waals surface area (Å²) < 4.78 is 24.6. The molecule has 32 heavy (non-hydrogen) atoms. The standard InChI is InChI=1S/C29H51FO2/c1-3-4-5-6-7-8-9-10-11-14-20-25-29(31-2,28-23-18-17-19-24-28)32-27-22-16-13-12-15-21-26-30/h17-19,23-24H,3-16,20-22,25-27H2,1-2H3. The van der Waals surface area contributed by atoms with Gasteiger partial charge in [-0.3, -0.25) is 4.39 Å². The van der Waals surface area contributed by atoms with Crippen molar-refractivity contribution >= 4 is 0 Å². The Bertz CT molecular complexity index is 507. The quantitative estimate of drug-likeness (QED) is 0.122. The Kier molecular flexibility index (Phi) is 18.8. The van der Waals surface area contributed by atoms with Crippen LogP contribution in [-0.2, 0) is 15.3 Å². The molecule has 0 aliphatic carbocycles. The van der Waals surface area contributed by atoms with Crippen molar-refractivity contribution in [1.29, 1.82) is 0 Å². The van der Waals surface area contributed by atoms with E-state index in [9.17, 15) is 4.39 Å². The van der Waals surface area contributed by atoms with Crippen LogP contribution in [0, 0.1) is 0 Å². The molecule has 0 radical (unpaired) electrons. The first-order valence-electron chi connectivity index (χ1n) is 13.6. The van der Waals surface area contributed by atoms with Crippen molar-refractivity contribution in [3.8, 4) is 0 Å². The third kappa shape index (κ3) is 13.6. The zero-order valence-electron chi connectivity index (χ0n) is 21.2. The number of benzene rings is 1. The molecule has 0 amide bonds. The van der Waals surface area contributed by atoms with Crippen molar-refractivity contribution < 1.29 is 13.9 Å². The summed E-state index contributed by atoms with van der Waals surface area (Å²) in [7, 11) is 1.78. The fraction of sp³-hybridized carbons (Fsp3) is 0.793. The normalized spacial score (nSPS) is 13.3. The highest BCUT2D eigenvalue weighted by Crippen LogP contribution is 2.33. The van der Waals surface area contributed by atoms with Crippen molar-refractivity contribution in [2.24, 2.45) is 0 Å². The van der Waals surface area contributed by atoms with Gasteiger partial charge in [-0.1, -0.05) is 127 Å². The van der Waals surface area contributed by atoms with Crippen LogP contribution in [0.3, 0.4) is 0 Å². The van der Waals surface area contributed by atoms with Crippen LogP contribution in [0.1, 0.15) is 128 Å². The van der Waals surface area contributed by atoms with Crippen LogP contribution in [0.5, 0.6) is 0 Å². The molecule has 0 aromatic heterocycles. The summed E-state index contributed by atoms with van der Waals surface area (Å²) in [5.41, 5.74) is 1.12. The van der Waals surface area contributed by atoms with Gasteiger partial charge < -0.3 is 9.47 Å². The molecule has 1 aromatic rings. The number of rotatable bonds is 23. The number of hydrogen-bond donors (Lipinski definition) is 0. The molecule has 0 N–H and O–H groups in total. The predicted molar refractivity (Wildman–Crippen MR) is 136 cm³/mol. The van der Waals surface area contributed by atoms with Crippen LogP contribution in [0.4, 0.5) is 4.39 Å². The van der Waals surface area contributed by atoms with E-state index in [4.69, 9.17) is 9.47 Å². The predicted octanol–water partition coefficient (Wildman–Crippen LogP) is 9.51. The van der Waals surface area contributed by atoms with Gasteiger partial charge >= 0.3 is 0 Å². The van der Waals surface area contributed by atoms with E-state index in [1.807, 2.05) is 6.07 Å². The van der Waals surface area contributed by atoms with Crippen molar-refractivity contribution in [2.75, 3.05) is 20.4 Å². The third-order valence-corrected chi connectivity index (χ3v) is 6.52. The fourth-order valence-electron chi connectivity index (χ4n) is 4.43. The van der Waals surface area contributed by atoms with Gasteiger partial charge in [0.2, 0.25) is 0 Å². The largest absolute Gasteiger partial charge is 0.349 e. The van der Waals surface area contributed by atoms with Crippen LogP contribution in [-0.4, -0.2) is 20.4 Å². The maximum Gasteiger partial charge on any atom is 0.194 e. The minimum Gasteiger partial charge on any atom is -0.349 e. The molecular formula is C29H51FO2. The Morgan fingerprint density at radius 2 is 1.16 bits per heavy atom. The SMILES string of the molecule is CCCCCCCCCCCCCC(OC)(OCCCCCCCCF)c1ccccc1. The molecule has 0 spiro atoms. The molecule has 1 atom stereocenters. The smallest absolute Gasteiger partial charge is 0.194 e. The molecule has 0 aliphatic heterocycles. The van der Waals surface area contributed by atoms with E-state index in [-0.39, 0.29) is 6.67 Å². The summed E-state index contributed by atoms with van der Waals surface area (Å²) in [6.07, 6.45) is 21.8. The van der Waals surface area contributed by atoms with E-state index in [0.29, 0.717) is 13.0 Å². The summed E-state index contributed by atoms with van der Waals surface area (Å²) in [5.74, 6) is -0.630. The Morgan fingerprint density at radius 3 is 1.69 bits per heavy atom. The molecule has 3 heteroatoms. The highest BCUT2D eigenvalue weighted by molar-refractivity contribution is 5.20. The highest BCUT2D eigenvalue weighted by Gasteiger charge is 2.32. The van der Waals surface area contributed by atoms with Gasteiger partial charge in [-0.25, -0.2) is 0 Å². The molecular weight excluding hydrogens is 399 g/mol. The maximum absolute atomic E-state index is 12.2. The molecule has 1 rings (SSSR count). The van der Waals surface area contributed by atoms with E-state index < -0.39 is 5.79 Å². The van der Waals surface area contributed by atoms with Crippen LogP contribution in [0.15, 0.2) is 30.3 Å². The number of unbranched alkanes of at least 4 members (excludes halogenated alkanes) is 15. The molecule has 0 heterocycles. The Balaban J connectivity index is 2.31. The van der Waals surface area contributed by atoms with Crippen molar-refractivity contribution in [2.45, 2.75) is 128 Å². The molecule has 186 valence electrons. The summed E-state index contributed by atoms with van der Waals surface area (Å²) in [6, 6.07) is 10.4. The van der Waals surface area contributed by atoms with Gasteiger partial charge in [0.25, 0.3) is 0 Å². The van der Waals surface area contributed by atoms with E-state index in [2.05, 4.69) is 31.2 Å². The first-order valence-corrected chi connectivity index (χ1v) is 13.6. The number of methoxy groups -OCH3 is 1. The zero-order chi connectivity index (χ0) is 23.2. The summed E-state index contributed by atoms with van der Waals surface area (Å²) >= 11 is 0. The van der Waals surface area contributed by atoms with E-state index in [1.54, 1.807) is 7.11 Å². The number of hydrogen-bond acceptors (Lipinski definition) is 2. The Labute approximate surface area is 198 Å². The minimum atomic E-state index is -0.630. The van der Waals surface area contributed by atoms with Crippen LogP contribution >= 0.6 is 0 Å². The first-order chi connectivity index (χ1) is 15.8. The molecule has 0 bridgehead atoms. The molecule has 0 saturated carbocycles. The van der Waals surface area contributed by atoms with E-state index >= 15 is 0 Å². The molecule has 2 nitrogen and oxygen atoms in total. The van der Waals surface area contributed by atoms with Gasteiger partial charge in [-0.05, 0) is 19.3 Å². The summed E-state index contributed by atoms with van der Waals surface area (Å²) in [6.45, 7) is 2.81. The summed E-state index contributed by atoms with van der Waals surface area (Å²) in [5, 5.41) is 0. The average molecular weight is 451 g/mol.